The molecule has 0 amide bonds. The number of aromatic nitrogens is 2. The first-order valence-electron chi connectivity index (χ1n) is 4.46. The lowest BCUT2D eigenvalue weighted by molar-refractivity contribution is 0.654. The van der Waals surface area contributed by atoms with Gasteiger partial charge in [-0.25, -0.2) is 4.98 Å². The molecule has 3 nitrogen and oxygen atoms in total. The number of hydrogen-bond donors (Lipinski definition) is 2. The predicted octanol–water partition coefficient (Wildman–Crippen LogP) is 1.53. The minimum Gasteiger partial charge on any atom is -0.345 e. The maximum atomic E-state index is 4.36. The van der Waals surface area contributed by atoms with Gasteiger partial charge in [0.2, 0.25) is 0 Å². The molecule has 1 rings (SSSR count). The molecule has 0 aliphatic heterocycles. The lowest BCUT2D eigenvalue weighted by Crippen LogP contribution is -2.14. The second-order valence-electron chi connectivity index (χ2n) is 3.07. The van der Waals surface area contributed by atoms with Crippen molar-refractivity contribution in [2.45, 2.75) is 33.7 Å². The number of aromatic amines is 1. The van der Waals surface area contributed by atoms with Crippen LogP contribution in [-0.4, -0.2) is 16.5 Å². The van der Waals surface area contributed by atoms with Gasteiger partial charge in [-0.15, -0.1) is 0 Å². The van der Waals surface area contributed by atoms with Gasteiger partial charge in [-0.3, -0.25) is 0 Å². The smallest absolute Gasteiger partial charge is 0.120 e. The van der Waals surface area contributed by atoms with Crippen LogP contribution in [0, 0.1) is 13.8 Å². The van der Waals surface area contributed by atoms with E-state index in [0.717, 1.165) is 24.6 Å². The molecule has 0 bridgehead atoms. The summed E-state index contributed by atoms with van der Waals surface area (Å²) in [5.74, 6) is 1.04. The molecule has 0 spiro atoms. The molecular formula is C9H17N3. The summed E-state index contributed by atoms with van der Waals surface area (Å²) in [6.07, 6.45) is 1.17. The van der Waals surface area contributed by atoms with Crippen molar-refractivity contribution in [3.05, 3.63) is 17.2 Å². The lowest BCUT2D eigenvalue weighted by atomic mass is 10.4. The number of nitrogens with one attached hydrogen (secondary N) is 2. The first-order valence-corrected chi connectivity index (χ1v) is 4.46. The van der Waals surface area contributed by atoms with Crippen LogP contribution in [0.15, 0.2) is 0 Å². The summed E-state index contributed by atoms with van der Waals surface area (Å²) in [6.45, 7) is 8.13. The molecular weight excluding hydrogens is 150 g/mol. The molecule has 3 heteroatoms. The zero-order chi connectivity index (χ0) is 8.97. The summed E-state index contributed by atoms with van der Waals surface area (Å²) in [4.78, 5) is 7.59. The molecule has 0 aliphatic rings. The molecule has 1 aromatic rings. The predicted molar refractivity (Wildman–Crippen MR) is 50.1 cm³/mol. The van der Waals surface area contributed by atoms with E-state index in [1.165, 1.54) is 12.1 Å². The monoisotopic (exact) mass is 167 g/mol. The Morgan fingerprint density at radius 1 is 1.42 bits per heavy atom. The molecule has 0 saturated heterocycles. The molecule has 0 unspecified atom stereocenters. The number of imidazole rings is 1. The van der Waals surface area contributed by atoms with E-state index in [2.05, 4.69) is 22.2 Å². The third-order valence-corrected chi connectivity index (χ3v) is 1.90. The molecule has 1 heterocycles. The second-order valence-corrected chi connectivity index (χ2v) is 3.07. The first-order chi connectivity index (χ1) is 5.74. The van der Waals surface area contributed by atoms with Gasteiger partial charge in [0.25, 0.3) is 0 Å². The summed E-state index contributed by atoms with van der Waals surface area (Å²) in [7, 11) is 0. The second kappa shape index (κ2) is 4.26. The Bertz CT molecular complexity index is 220. The van der Waals surface area contributed by atoms with Gasteiger partial charge < -0.3 is 10.3 Å². The fourth-order valence-electron chi connectivity index (χ4n) is 1.09. The van der Waals surface area contributed by atoms with Crippen LogP contribution in [0.3, 0.4) is 0 Å². The highest BCUT2D eigenvalue weighted by atomic mass is 15.0. The summed E-state index contributed by atoms with van der Waals surface area (Å²) in [5.41, 5.74) is 2.27. The summed E-state index contributed by atoms with van der Waals surface area (Å²) < 4.78 is 0. The van der Waals surface area contributed by atoms with Crippen molar-refractivity contribution >= 4 is 0 Å². The standard InChI is InChI=1S/C9H17N3/c1-4-5-10-6-9-11-7(2)8(3)12-9/h10H,4-6H2,1-3H3,(H,11,12). The SMILES string of the molecule is CCCNCc1nc(C)c(C)[nH]1. The van der Waals surface area contributed by atoms with Crippen LogP contribution in [-0.2, 0) is 6.54 Å². The summed E-state index contributed by atoms with van der Waals surface area (Å²) in [6, 6.07) is 0. The van der Waals surface area contributed by atoms with E-state index in [1.54, 1.807) is 0 Å². The van der Waals surface area contributed by atoms with Crippen molar-refractivity contribution in [2.75, 3.05) is 6.54 Å². The van der Waals surface area contributed by atoms with E-state index in [1.807, 2.05) is 13.8 Å². The van der Waals surface area contributed by atoms with Crippen LogP contribution >= 0.6 is 0 Å². The molecule has 1 aromatic heterocycles. The van der Waals surface area contributed by atoms with E-state index in [0.29, 0.717) is 0 Å². The number of hydrogen-bond acceptors (Lipinski definition) is 2. The van der Waals surface area contributed by atoms with Gasteiger partial charge in [0, 0.05) is 5.69 Å². The number of rotatable bonds is 4. The molecule has 0 saturated carbocycles. The maximum absolute atomic E-state index is 4.36. The van der Waals surface area contributed by atoms with Gasteiger partial charge in [-0.2, -0.15) is 0 Å². The van der Waals surface area contributed by atoms with Gasteiger partial charge in [0.1, 0.15) is 5.82 Å². The fourth-order valence-corrected chi connectivity index (χ4v) is 1.09. The lowest BCUT2D eigenvalue weighted by Gasteiger charge is -1.97. The van der Waals surface area contributed by atoms with Crippen LogP contribution in [0.1, 0.15) is 30.6 Å². The van der Waals surface area contributed by atoms with Crippen molar-refractivity contribution in [3.63, 3.8) is 0 Å². The van der Waals surface area contributed by atoms with E-state index in [4.69, 9.17) is 0 Å². The zero-order valence-corrected chi connectivity index (χ0v) is 8.07. The van der Waals surface area contributed by atoms with Crippen LogP contribution in [0.5, 0.6) is 0 Å². The van der Waals surface area contributed by atoms with E-state index < -0.39 is 0 Å². The van der Waals surface area contributed by atoms with Gasteiger partial charge in [0.05, 0.1) is 12.2 Å². The van der Waals surface area contributed by atoms with Crippen LogP contribution < -0.4 is 5.32 Å². The average molecular weight is 167 g/mol. The van der Waals surface area contributed by atoms with Gasteiger partial charge in [-0.05, 0) is 26.8 Å². The largest absolute Gasteiger partial charge is 0.345 e. The molecule has 68 valence electrons. The Kier molecular flexibility index (Phi) is 3.29. The van der Waals surface area contributed by atoms with Crippen molar-refractivity contribution < 1.29 is 0 Å². The van der Waals surface area contributed by atoms with Gasteiger partial charge in [0.15, 0.2) is 0 Å². The van der Waals surface area contributed by atoms with Crippen molar-refractivity contribution in [1.82, 2.24) is 15.3 Å². The topological polar surface area (TPSA) is 40.7 Å². The van der Waals surface area contributed by atoms with Crippen molar-refractivity contribution in [3.8, 4) is 0 Å². The fraction of sp³-hybridized carbons (Fsp3) is 0.667. The Balaban J connectivity index is 2.42. The molecule has 0 fully saturated rings. The van der Waals surface area contributed by atoms with Crippen LogP contribution in [0.2, 0.25) is 0 Å². The zero-order valence-electron chi connectivity index (χ0n) is 8.07. The van der Waals surface area contributed by atoms with Crippen LogP contribution in [0.25, 0.3) is 0 Å². The van der Waals surface area contributed by atoms with E-state index in [9.17, 15) is 0 Å². The molecule has 0 atom stereocenters. The molecule has 0 aliphatic carbocycles. The number of aryl methyl sites for hydroxylation is 2. The molecule has 0 aromatic carbocycles. The quantitative estimate of drug-likeness (QED) is 0.668. The normalized spacial score (nSPS) is 10.6. The highest BCUT2D eigenvalue weighted by Gasteiger charge is 2.00. The number of nitrogens with zero attached hydrogens (tertiary/aromatic N) is 1. The first kappa shape index (κ1) is 9.26. The summed E-state index contributed by atoms with van der Waals surface area (Å²) >= 11 is 0. The third-order valence-electron chi connectivity index (χ3n) is 1.90. The Hall–Kier alpha value is -0.830. The minimum atomic E-state index is 0.850. The molecule has 2 N–H and O–H groups in total. The van der Waals surface area contributed by atoms with Crippen molar-refractivity contribution in [2.24, 2.45) is 0 Å². The Morgan fingerprint density at radius 3 is 2.67 bits per heavy atom. The minimum absolute atomic E-state index is 0.850. The number of H-pyrrole nitrogens is 1. The van der Waals surface area contributed by atoms with Crippen LogP contribution in [0.4, 0.5) is 0 Å². The average Bonchev–Trinajstić information content (AvgIpc) is 2.32. The van der Waals surface area contributed by atoms with Gasteiger partial charge >= 0.3 is 0 Å². The van der Waals surface area contributed by atoms with Gasteiger partial charge in [-0.1, -0.05) is 6.92 Å². The highest BCUT2D eigenvalue weighted by molar-refractivity contribution is 5.10. The summed E-state index contributed by atoms with van der Waals surface area (Å²) in [5, 5.41) is 3.30. The Labute approximate surface area is 73.6 Å². The third kappa shape index (κ3) is 2.34. The Morgan fingerprint density at radius 2 is 2.17 bits per heavy atom. The molecule has 12 heavy (non-hydrogen) atoms. The molecule has 0 radical (unpaired) electrons. The maximum Gasteiger partial charge on any atom is 0.120 e. The van der Waals surface area contributed by atoms with E-state index >= 15 is 0 Å². The van der Waals surface area contributed by atoms with Crippen molar-refractivity contribution in [1.29, 1.82) is 0 Å². The highest BCUT2D eigenvalue weighted by Crippen LogP contribution is 2.01. The van der Waals surface area contributed by atoms with E-state index in [-0.39, 0.29) is 0 Å².